The Labute approximate surface area is 128 Å². The molecule has 2 amide bonds. The summed E-state index contributed by atoms with van der Waals surface area (Å²) in [6.07, 6.45) is 5.66. The lowest BCUT2D eigenvalue weighted by molar-refractivity contribution is 0.172. The topological polar surface area (TPSA) is 64.6 Å². The molecule has 0 bridgehead atoms. The van der Waals surface area contributed by atoms with Crippen molar-refractivity contribution in [3.05, 3.63) is 12.2 Å². The minimum atomic E-state index is -0.121. The molecule has 0 aromatic heterocycles. The molecule has 0 saturated carbocycles. The van der Waals surface area contributed by atoms with E-state index in [1.165, 1.54) is 0 Å². The summed E-state index contributed by atoms with van der Waals surface area (Å²) < 4.78 is 0. The van der Waals surface area contributed by atoms with Crippen molar-refractivity contribution in [2.45, 2.75) is 58.7 Å². The molecule has 1 rings (SSSR count). The molecule has 5 heteroatoms. The van der Waals surface area contributed by atoms with E-state index in [9.17, 15) is 4.79 Å². The first-order chi connectivity index (χ1) is 9.93. The fraction of sp³-hybridized carbons (Fsp3) is 0.812. The fourth-order valence-corrected chi connectivity index (χ4v) is 2.81. The van der Waals surface area contributed by atoms with Crippen LogP contribution in [-0.4, -0.2) is 53.9 Å². The molecule has 0 heterocycles. The van der Waals surface area contributed by atoms with E-state index in [4.69, 9.17) is 5.11 Å². The monoisotopic (exact) mass is 297 g/mol. The van der Waals surface area contributed by atoms with Gasteiger partial charge in [-0.3, -0.25) is 4.90 Å². The Hall–Kier alpha value is -1.07. The molecule has 5 nitrogen and oxygen atoms in total. The molecule has 0 aliphatic heterocycles. The largest absolute Gasteiger partial charge is 0.396 e. The molecule has 0 saturated heterocycles. The van der Waals surface area contributed by atoms with E-state index in [1.807, 2.05) is 12.2 Å². The summed E-state index contributed by atoms with van der Waals surface area (Å²) in [6, 6.07) is 0.976. The highest BCUT2D eigenvalue weighted by Gasteiger charge is 2.19. The third-order valence-corrected chi connectivity index (χ3v) is 3.93. The molecule has 3 N–H and O–H groups in total. The first-order valence-electron chi connectivity index (χ1n) is 8.03. The number of hydrogen-bond acceptors (Lipinski definition) is 3. The van der Waals surface area contributed by atoms with Gasteiger partial charge in [-0.1, -0.05) is 12.2 Å². The van der Waals surface area contributed by atoms with Crippen molar-refractivity contribution in [2.24, 2.45) is 5.92 Å². The zero-order chi connectivity index (χ0) is 15.8. The first kappa shape index (κ1) is 18.0. The summed E-state index contributed by atoms with van der Waals surface area (Å²) in [4.78, 5) is 14.2. The van der Waals surface area contributed by atoms with Gasteiger partial charge in [0.2, 0.25) is 0 Å². The average molecular weight is 297 g/mol. The van der Waals surface area contributed by atoms with Gasteiger partial charge in [0.15, 0.2) is 0 Å². The number of aliphatic hydroxyl groups excluding tert-OH is 1. The number of carbonyl (C=O) groups excluding carboxylic acids is 1. The molecule has 0 aromatic carbocycles. The number of rotatable bonds is 8. The van der Waals surface area contributed by atoms with E-state index in [0.717, 1.165) is 19.4 Å². The number of carbonyl (C=O) groups is 1. The smallest absolute Gasteiger partial charge is 0.315 e. The van der Waals surface area contributed by atoms with Crippen molar-refractivity contribution in [1.82, 2.24) is 15.5 Å². The van der Waals surface area contributed by atoms with Gasteiger partial charge in [0.25, 0.3) is 0 Å². The Morgan fingerprint density at radius 3 is 2.48 bits per heavy atom. The van der Waals surface area contributed by atoms with Crippen LogP contribution in [0.25, 0.3) is 0 Å². The zero-order valence-electron chi connectivity index (χ0n) is 13.8. The van der Waals surface area contributed by atoms with Crippen molar-refractivity contribution < 1.29 is 9.90 Å². The molecule has 122 valence electrons. The summed E-state index contributed by atoms with van der Waals surface area (Å²) in [6.45, 7) is 10.6. The van der Waals surface area contributed by atoms with Gasteiger partial charge in [0.05, 0.1) is 0 Å². The van der Waals surface area contributed by atoms with Gasteiger partial charge in [-0.2, -0.15) is 0 Å². The average Bonchev–Trinajstić information content (AvgIpc) is 2.85. The number of hydrogen-bond donors (Lipinski definition) is 3. The van der Waals surface area contributed by atoms with Crippen molar-refractivity contribution in [3.8, 4) is 0 Å². The molecule has 0 radical (unpaired) electrons. The maximum absolute atomic E-state index is 11.8. The Morgan fingerprint density at radius 2 is 1.95 bits per heavy atom. The lowest BCUT2D eigenvalue weighted by Gasteiger charge is -2.30. The van der Waals surface area contributed by atoms with Crippen LogP contribution in [-0.2, 0) is 0 Å². The number of urea groups is 1. The maximum Gasteiger partial charge on any atom is 0.315 e. The van der Waals surface area contributed by atoms with Crippen molar-refractivity contribution in [3.63, 3.8) is 0 Å². The normalized spacial score (nSPS) is 21.5. The predicted molar refractivity (Wildman–Crippen MR) is 86.3 cm³/mol. The summed E-state index contributed by atoms with van der Waals surface area (Å²) in [5.41, 5.74) is 0. The van der Waals surface area contributed by atoms with Crippen LogP contribution in [0.5, 0.6) is 0 Å². The highest BCUT2D eigenvalue weighted by atomic mass is 16.3. The van der Waals surface area contributed by atoms with Crippen LogP contribution in [0.3, 0.4) is 0 Å². The molecule has 0 unspecified atom stereocenters. The van der Waals surface area contributed by atoms with Crippen molar-refractivity contribution in [2.75, 3.05) is 19.7 Å². The second kappa shape index (κ2) is 9.05. The van der Waals surface area contributed by atoms with E-state index in [1.54, 1.807) is 0 Å². The molecule has 0 spiro atoms. The zero-order valence-corrected chi connectivity index (χ0v) is 13.8. The molecule has 1 aliphatic carbocycles. The Balaban J connectivity index is 2.15. The summed E-state index contributed by atoms with van der Waals surface area (Å²) in [7, 11) is 0. The number of aliphatic hydroxyl groups is 1. The van der Waals surface area contributed by atoms with Crippen LogP contribution >= 0.6 is 0 Å². The maximum atomic E-state index is 11.8. The van der Waals surface area contributed by atoms with E-state index in [-0.39, 0.29) is 24.6 Å². The highest BCUT2D eigenvalue weighted by Crippen LogP contribution is 2.16. The van der Waals surface area contributed by atoms with Gasteiger partial charge < -0.3 is 15.7 Å². The number of nitrogens with zero attached hydrogens (tertiary/aromatic N) is 1. The second-order valence-corrected chi connectivity index (χ2v) is 6.35. The third-order valence-electron chi connectivity index (χ3n) is 3.93. The molecule has 21 heavy (non-hydrogen) atoms. The van der Waals surface area contributed by atoms with Gasteiger partial charge in [0, 0.05) is 43.7 Å². The first-order valence-corrected chi connectivity index (χ1v) is 8.03. The van der Waals surface area contributed by atoms with E-state index in [0.29, 0.717) is 18.6 Å². The lowest BCUT2D eigenvalue weighted by atomic mass is 10.1. The molecule has 0 aromatic rings. The fourth-order valence-electron chi connectivity index (χ4n) is 2.81. The predicted octanol–water partition coefficient (Wildman–Crippen LogP) is 1.73. The van der Waals surface area contributed by atoms with Gasteiger partial charge >= 0.3 is 6.03 Å². The van der Waals surface area contributed by atoms with Crippen molar-refractivity contribution >= 4 is 6.03 Å². The lowest BCUT2D eigenvalue weighted by Crippen LogP contribution is -2.43. The van der Waals surface area contributed by atoms with Gasteiger partial charge in [-0.15, -0.1) is 0 Å². The second-order valence-electron chi connectivity index (χ2n) is 6.35. The van der Waals surface area contributed by atoms with Crippen LogP contribution < -0.4 is 10.6 Å². The number of amides is 2. The molecule has 2 atom stereocenters. The Bertz CT molecular complexity index is 334. The van der Waals surface area contributed by atoms with E-state index < -0.39 is 0 Å². The molecular formula is C16H31N3O2. The van der Waals surface area contributed by atoms with Crippen LogP contribution in [0.4, 0.5) is 4.79 Å². The standard InChI is InChI=1S/C16H31N3O2/c1-12(2)19(13(3)4)9-5-8-17-16(21)18-15-7-6-14(10-15)11-20/h6-7,12-15,20H,5,8-11H2,1-4H3,(H2,17,18,21)/t14-,15+/m0/s1. The summed E-state index contributed by atoms with van der Waals surface area (Å²) in [5.74, 6) is 0.181. The van der Waals surface area contributed by atoms with Crippen LogP contribution in [0.1, 0.15) is 40.5 Å². The van der Waals surface area contributed by atoms with Crippen LogP contribution in [0.15, 0.2) is 12.2 Å². The minimum Gasteiger partial charge on any atom is -0.396 e. The van der Waals surface area contributed by atoms with Gasteiger partial charge in [-0.05, 0) is 40.5 Å². The number of nitrogens with one attached hydrogen (secondary N) is 2. The summed E-state index contributed by atoms with van der Waals surface area (Å²) >= 11 is 0. The molecular weight excluding hydrogens is 266 g/mol. The molecule has 0 fully saturated rings. The SMILES string of the molecule is CC(C)N(CCCNC(=O)N[C@@H]1C=C[C@H](CO)C1)C(C)C. The Kier molecular flexibility index (Phi) is 7.75. The van der Waals surface area contributed by atoms with E-state index >= 15 is 0 Å². The van der Waals surface area contributed by atoms with E-state index in [2.05, 4.69) is 43.2 Å². The van der Waals surface area contributed by atoms with Gasteiger partial charge in [-0.25, -0.2) is 4.79 Å². The van der Waals surface area contributed by atoms with Gasteiger partial charge in [0.1, 0.15) is 0 Å². The van der Waals surface area contributed by atoms with Crippen LogP contribution in [0, 0.1) is 5.92 Å². The quantitative estimate of drug-likeness (QED) is 0.472. The Morgan fingerprint density at radius 1 is 1.29 bits per heavy atom. The van der Waals surface area contributed by atoms with Crippen LogP contribution in [0.2, 0.25) is 0 Å². The molecule has 1 aliphatic rings. The summed E-state index contributed by atoms with van der Waals surface area (Å²) in [5, 5.41) is 14.9. The highest BCUT2D eigenvalue weighted by molar-refractivity contribution is 5.74. The minimum absolute atomic E-state index is 0.0463. The third kappa shape index (κ3) is 6.48. The van der Waals surface area contributed by atoms with Crippen molar-refractivity contribution in [1.29, 1.82) is 0 Å².